The van der Waals surface area contributed by atoms with Crippen LogP contribution in [0.5, 0.6) is 0 Å². The van der Waals surface area contributed by atoms with Crippen LogP contribution in [-0.2, 0) is 16.6 Å². The summed E-state index contributed by atoms with van der Waals surface area (Å²) in [7, 11) is -3.77. The predicted octanol–water partition coefficient (Wildman–Crippen LogP) is 2.39. The first-order valence-corrected chi connectivity index (χ1v) is 8.19. The summed E-state index contributed by atoms with van der Waals surface area (Å²) in [4.78, 5) is -0.163. The fourth-order valence-corrected chi connectivity index (χ4v) is 4.61. The molecule has 0 spiro atoms. The summed E-state index contributed by atoms with van der Waals surface area (Å²) in [5.41, 5.74) is 0.0742. The molecule has 1 aliphatic rings. The van der Waals surface area contributed by atoms with Gasteiger partial charge in [-0.1, -0.05) is 18.5 Å². The van der Waals surface area contributed by atoms with Crippen molar-refractivity contribution in [2.75, 3.05) is 6.54 Å². The molecule has 1 aliphatic heterocycles. The molecule has 1 aromatic carbocycles. The maximum absolute atomic E-state index is 13.7. The van der Waals surface area contributed by atoms with Gasteiger partial charge in [0, 0.05) is 18.2 Å². The zero-order valence-corrected chi connectivity index (χ0v) is 12.9. The van der Waals surface area contributed by atoms with Crippen LogP contribution in [0.4, 0.5) is 4.39 Å². The number of aliphatic hydroxyl groups excluding tert-OH is 1. The third-order valence-corrected chi connectivity index (χ3v) is 5.96. The highest BCUT2D eigenvalue weighted by Crippen LogP contribution is 2.31. The molecule has 1 saturated heterocycles. The van der Waals surface area contributed by atoms with Crippen LogP contribution in [0, 0.1) is 11.7 Å². The molecule has 2 unspecified atom stereocenters. The zero-order chi connectivity index (χ0) is 15.1. The van der Waals surface area contributed by atoms with Crippen molar-refractivity contribution < 1.29 is 17.9 Å². The van der Waals surface area contributed by atoms with Gasteiger partial charge in [-0.2, -0.15) is 4.31 Å². The molecular weight excluding hydrogens is 305 g/mol. The summed E-state index contributed by atoms with van der Waals surface area (Å²) in [6.07, 6.45) is 0.780. The van der Waals surface area contributed by atoms with Gasteiger partial charge in [0.25, 0.3) is 0 Å². The van der Waals surface area contributed by atoms with Gasteiger partial charge in [0.2, 0.25) is 10.0 Å². The van der Waals surface area contributed by atoms with Gasteiger partial charge >= 0.3 is 0 Å². The second-order valence-corrected chi connectivity index (χ2v) is 7.57. The van der Waals surface area contributed by atoms with Gasteiger partial charge in [0.05, 0.1) is 16.5 Å². The number of benzene rings is 1. The lowest BCUT2D eigenvalue weighted by Crippen LogP contribution is -2.34. The van der Waals surface area contributed by atoms with Gasteiger partial charge < -0.3 is 5.11 Å². The molecular formula is C13H17ClFNO3S. The molecule has 20 heavy (non-hydrogen) atoms. The van der Waals surface area contributed by atoms with Crippen molar-refractivity contribution in [2.24, 2.45) is 5.92 Å². The minimum atomic E-state index is -3.77. The summed E-state index contributed by atoms with van der Waals surface area (Å²) >= 11 is 5.68. The number of hydrogen-bond donors (Lipinski definition) is 1. The SMILES string of the molecule is CC1CC(C)N(S(=O)(=O)c2cc(F)c(Cl)c(CO)c2)C1. The fraction of sp³-hybridized carbons (Fsp3) is 0.538. The summed E-state index contributed by atoms with van der Waals surface area (Å²) < 4.78 is 40.2. The molecule has 0 aromatic heterocycles. The Bertz CT molecular complexity index is 620. The molecule has 0 saturated carbocycles. The molecule has 4 nitrogen and oxygen atoms in total. The second-order valence-electron chi connectivity index (χ2n) is 5.30. The molecule has 0 amide bonds. The van der Waals surface area contributed by atoms with Gasteiger partial charge in [0.1, 0.15) is 5.82 Å². The maximum atomic E-state index is 13.7. The molecule has 7 heteroatoms. The van der Waals surface area contributed by atoms with Crippen LogP contribution in [0.2, 0.25) is 5.02 Å². The monoisotopic (exact) mass is 321 g/mol. The Morgan fingerprint density at radius 1 is 1.45 bits per heavy atom. The smallest absolute Gasteiger partial charge is 0.243 e. The van der Waals surface area contributed by atoms with Crippen LogP contribution in [0.25, 0.3) is 0 Å². The number of nitrogens with zero attached hydrogens (tertiary/aromatic N) is 1. The van der Waals surface area contributed by atoms with E-state index in [1.807, 2.05) is 13.8 Å². The highest BCUT2D eigenvalue weighted by atomic mass is 35.5. The highest BCUT2D eigenvalue weighted by molar-refractivity contribution is 7.89. The Morgan fingerprint density at radius 2 is 2.10 bits per heavy atom. The van der Waals surface area contributed by atoms with Crippen molar-refractivity contribution in [2.45, 2.75) is 37.8 Å². The van der Waals surface area contributed by atoms with Crippen LogP contribution in [0.3, 0.4) is 0 Å². The highest BCUT2D eigenvalue weighted by Gasteiger charge is 2.36. The average molecular weight is 322 g/mol. The number of sulfonamides is 1. The predicted molar refractivity (Wildman–Crippen MR) is 74.5 cm³/mol. The van der Waals surface area contributed by atoms with Gasteiger partial charge in [-0.05, 0) is 31.4 Å². The third kappa shape index (κ3) is 2.70. The number of halogens is 2. The zero-order valence-electron chi connectivity index (χ0n) is 11.3. The summed E-state index contributed by atoms with van der Waals surface area (Å²) in [5.74, 6) is -0.564. The van der Waals surface area contributed by atoms with E-state index in [0.29, 0.717) is 6.54 Å². The van der Waals surface area contributed by atoms with E-state index < -0.39 is 22.4 Å². The molecule has 2 atom stereocenters. The molecule has 2 rings (SSSR count). The number of aliphatic hydroxyl groups is 1. The van der Waals surface area contributed by atoms with Gasteiger partial charge in [-0.25, -0.2) is 12.8 Å². The van der Waals surface area contributed by atoms with Crippen molar-refractivity contribution in [1.29, 1.82) is 0 Å². The Labute approximate surface area is 123 Å². The van der Waals surface area contributed by atoms with Gasteiger partial charge in [-0.15, -0.1) is 0 Å². The van der Waals surface area contributed by atoms with E-state index in [1.165, 1.54) is 10.4 Å². The quantitative estimate of drug-likeness (QED) is 0.930. The standard InChI is InChI=1S/C13H17ClFNO3S/c1-8-3-9(2)16(6-8)20(18,19)11-4-10(7-17)13(14)12(15)5-11/h4-5,8-9,17H,3,6-7H2,1-2H3. The Kier molecular flexibility index (Phi) is 4.39. The van der Waals surface area contributed by atoms with E-state index in [-0.39, 0.29) is 27.4 Å². The van der Waals surface area contributed by atoms with E-state index in [9.17, 15) is 12.8 Å². The van der Waals surface area contributed by atoms with Crippen molar-refractivity contribution in [3.05, 3.63) is 28.5 Å². The first kappa shape index (κ1) is 15.7. The first-order chi connectivity index (χ1) is 9.27. The van der Waals surface area contributed by atoms with Crippen LogP contribution in [-0.4, -0.2) is 30.4 Å². The minimum Gasteiger partial charge on any atom is -0.392 e. The van der Waals surface area contributed by atoms with Gasteiger partial charge in [0.15, 0.2) is 0 Å². The number of hydrogen-bond acceptors (Lipinski definition) is 3. The van der Waals surface area contributed by atoms with Gasteiger partial charge in [-0.3, -0.25) is 0 Å². The largest absolute Gasteiger partial charge is 0.392 e. The molecule has 1 fully saturated rings. The summed E-state index contributed by atoms with van der Waals surface area (Å²) in [5, 5.41) is 8.89. The normalized spacial score (nSPS) is 24.2. The van der Waals surface area contributed by atoms with Crippen molar-refractivity contribution in [3.63, 3.8) is 0 Å². The topological polar surface area (TPSA) is 57.6 Å². The molecule has 1 aromatic rings. The Morgan fingerprint density at radius 3 is 2.60 bits per heavy atom. The fourth-order valence-electron chi connectivity index (χ4n) is 2.61. The lowest BCUT2D eigenvalue weighted by atomic mass is 10.1. The van der Waals surface area contributed by atoms with Crippen molar-refractivity contribution >= 4 is 21.6 Å². The molecule has 0 bridgehead atoms. The van der Waals surface area contributed by atoms with E-state index in [1.54, 1.807) is 0 Å². The van der Waals surface area contributed by atoms with Crippen molar-refractivity contribution in [1.82, 2.24) is 4.31 Å². The summed E-state index contributed by atoms with van der Waals surface area (Å²) in [6, 6.07) is 2.02. The molecule has 0 aliphatic carbocycles. The number of rotatable bonds is 3. The van der Waals surface area contributed by atoms with E-state index in [2.05, 4.69) is 0 Å². The van der Waals surface area contributed by atoms with Crippen LogP contribution >= 0.6 is 11.6 Å². The lowest BCUT2D eigenvalue weighted by Gasteiger charge is -2.21. The van der Waals surface area contributed by atoms with Crippen LogP contribution < -0.4 is 0 Å². The summed E-state index contributed by atoms with van der Waals surface area (Å²) in [6.45, 7) is 3.72. The first-order valence-electron chi connectivity index (χ1n) is 6.38. The molecule has 1 N–H and O–H groups in total. The average Bonchev–Trinajstić information content (AvgIpc) is 2.72. The molecule has 112 valence electrons. The minimum absolute atomic E-state index is 0.0742. The second kappa shape index (κ2) is 5.60. The maximum Gasteiger partial charge on any atom is 0.243 e. The lowest BCUT2D eigenvalue weighted by molar-refractivity contribution is 0.281. The van der Waals surface area contributed by atoms with E-state index in [4.69, 9.17) is 16.7 Å². The van der Waals surface area contributed by atoms with Crippen LogP contribution in [0.1, 0.15) is 25.8 Å². The Balaban J connectivity index is 2.47. The van der Waals surface area contributed by atoms with Crippen molar-refractivity contribution in [3.8, 4) is 0 Å². The van der Waals surface area contributed by atoms with E-state index in [0.717, 1.165) is 12.5 Å². The third-order valence-electron chi connectivity index (χ3n) is 3.58. The molecule has 0 radical (unpaired) electrons. The van der Waals surface area contributed by atoms with Crippen LogP contribution in [0.15, 0.2) is 17.0 Å². The molecule has 1 heterocycles. The van der Waals surface area contributed by atoms with E-state index >= 15 is 0 Å². The Hall–Kier alpha value is -0.690.